The molecule has 1 aliphatic heterocycles. The first kappa shape index (κ1) is 19.1. The van der Waals surface area contributed by atoms with Crippen LogP contribution in [0.1, 0.15) is 28.8 Å². The lowest BCUT2D eigenvalue weighted by molar-refractivity contribution is -0.0129. The molecule has 2 aromatic rings. The van der Waals surface area contributed by atoms with Crippen LogP contribution in [0, 0.1) is 17.7 Å². The van der Waals surface area contributed by atoms with E-state index < -0.39 is 11.6 Å². The number of rotatable bonds is 6. The summed E-state index contributed by atoms with van der Waals surface area (Å²) in [6, 6.07) is 14.3. The number of halogens is 1. The Hall–Kier alpha value is -2.24. The molecule has 2 unspecified atom stereocenters. The Labute approximate surface area is 164 Å². The van der Waals surface area contributed by atoms with E-state index in [9.17, 15) is 14.3 Å². The summed E-state index contributed by atoms with van der Waals surface area (Å²) < 4.78 is 19.5. The number of fused-ring (bicyclic) bond motifs is 1. The minimum atomic E-state index is -0.755. The molecule has 1 N–H and O–H groups in total. The molecule has 0 spiro atoms. The summed E-state index contributed by atoms with van der Waals surface area (Å²) in [5, 5.41) is 9.29. The van der Waals surface area contributed by atoms with Crippen LogP contribution in [-0.2, 0) is 11.2 Å². The number of benzene rings is 2. The van der Waals surface area contributed by atoms with Crippen LogP contribution in [0.25, 0.3) is 0 Å². The van der Waals surface area contributed by atoms with Crippen LogP contribution in [0.3, 0.4) is 0 Å². The molecule has 2 aliphatic rings. The van der Waals surface area contributed by atoms with Crippen LogP contribution in [0.15, 0.2) is 48.5 Å². The van der Waals surface area contributed by atoms with Crippen LogP contribution in [0.5, 0.6) is 5.75 Å². The Morgan fingerprint density at radius 3 is 2.46 bits per heavy atom. The highest BCUT2D eigenvalue weighted by atomic mass is 19.1. The van der Waals surface area contributed by atoms with Gasteiger partial charge < -0.3 is 9.84 Å². The lowest BCUT2D eigenvalue weighted by Gasteiger charge is -2.30. The summed E-state index contributed by atoms with van der Waals surface area (Å²) >= 11 is 0. The van der Waals surface area contributed by atoms with Crippen molar-refractivity contribution in [2.75, 3.05) is 26.7 Å². The molecule has 1 saturated carbocycles. The summed E-state index contributed by atoms with van der Waals surface area (Å²) in [6.07, 6.45) is 2.92. The average Bonchev–Trinajstić information content (AvgIpc) is 3.20. The average molecular weight is 383 g/mol. The minimum absolute atomic E-state index is 0.110. The van der Waals surface area contributed by atoms with Crippen molar-refractivity contribution in [1.29, 1.82) is 0 Å². The fraction of sp³-hybridized carbons (Fsp3) is 0.435. The van der Waals surface area contributed by atoms with Crippen molar-refractivity contribution in [3.8, 4) is 5.75 Å². The van der Waals surface area contributed by atoms with E-state index in [4.69, 9.17) is 4.74 Å². The standard InChI is InChI=1S/C23H26FNO3/c1-28-23(10-16-5-3-2-4-6-16)11-18-13-25(14-19(18)12-23)15-22(27)17-7-8-21(26)20(24)9-17/h2-9,18-19,26H,10-15H2,1H3/t18-,19?,23?/m1/s1. The van der Waals surface area contributed by atoms with Gasteiger partial charge in [0.1, 0.15) is 0 Å². The molecule has 4 rings (SSSR count). The van der Waals surface area contributed by atoms with Crippen LogP contribution < -0.4 is 0 Å². The zero-order valence-corrected chi connectivity index (χ0v) is 16.1. The third kappa shape index (κ3) is 3.82. The molecule has 0 amide bonds. The monoisotopic (exact) mass is 383 g/mol. The van der Waals surface area contributed by atoms with Gasteiger partial charge in [-0.15, -0.1) is 0 Å². The predicted octanol–water partition coefficient (Wildman–Crippen LogP) is 3.68. The molecule has 148 valence electrons. The summed E-state index contributed by atoms with van der Waals surface area (Å²) in [4.78, 5) is 14.7. The van der Waals surface area contributed by atoms with Crippen LogP contribution >= 0.6 is 0 Å². The number of methoxy groups -OCH3 is 1. The molecule has 28 heavy (non-hydrogen) atoms. The first-order chi connectivity index (χ1) is 13.5. The van der Waals surface area contributed by atoms with E-state index in [0.717, 1.165) is 38.4 Å². The Balaban J connectivity index is 1.37. The number of phenols is 1. The molecule has 1 saturated heterocycles. The smallest absolute Gasteiger partial charge is 0.176 e. The van der Waals surface area contributed by atoms with Crippen LogP contribution in [0.2, 0.25) is 0 Å². The SMILES string of the molecule is COC1(Cc2ccccc2)CC2CN(CC(=O)c3ccc(O)c(F)c3)C[C@H]2C1. The highest BCUT2D eigenvalue weighted by molar-refractivity contribution is 5.97. The van der Waals surface area contributed by atoms with Crippen molar-refractivity contribution in [3.63, 3.8) is 0 Å². The molecule has 3 atom stereocenters. The third-order valence-electron chi connectivity index (χ3n) is 6.36. The molecular weight excluding hydrogens is 357 g/mol. The molecule has 0 aromatic heterocycles. The number of carbonyl (C=O) groups excluding carboxylic acids is 1. The van der Waals surface area contributed by atoms with Gasteiger partial charge in [-0.25, -0.2) is 4.39 Å². The Morgan fingerprint density at radius 1 is 1.18 bits per heavy atom. The molecule has 1 aliphatic carbocycles. The Bertz CT molecular complexity index is 840. The Morgan fingerprint density at radius 2 is 1.86 bits per heavy atom. The number of phenolic OH excluding ortho intramolecular Hbond substituents is 1. The van der Waals surface area contributed by atoms with E-state index in [1.165, 1.54) is 17.7 Å². The van der Waals surface area contributed by atoms with Gasteiger partial charge in [0.2, 0.25) is 0 Å². The van der Waals surface area contributed by atoms with Crippen molar-refractivity contribution < 1.29 is 19.0 Å². The molecule has 4 nitrogen and oxygen atoms in total. The molecule has 1 heterocycles. The van der Waals surface area contributed by atoms with Gasteiger partial charge in [-0.3, -0.25) is 9.69 Å². The fourth-order valence-corrected chi connectivity index (χ4v) is 4.99. The van der Waals surface area contributed by atoms with E-state index in [1.807, 2.05) is 13.2 Å². The summed E-state index contributed by atoms with van der Waals surface area (Å²) in [7, 11) is 1.81. The van der Waals surface area contributed by atoms with Gasteiger partial charge in [-0.1, -0.05) is 30.3 Å². The van der Waals surface area contributed by atoms with Crippen LogP contribution in [0.4, 0.5) is 4.39 Å². The van der Waals surface area contributed by atoms with Crippen molar-refractivity contribution in [1.82, 2.24) is 4.90 Å². The van der Waals surface area contributed by atoms with Gasteiger partial charge in [-0.05, 0) is 48.4 Å². The quantitative estimate of drug-likeness (QED) is 0.773. The zero-order valence-electron chi connectivity index (χ0n) is 16.1. The van der Waals surface area contributed by atoms with Gasteiger partial charge in [0.05, 0.1) is 12.1 Å². The molecular formula is C23H26FNO3. The van der Waals surface area contributed by atoms with E-state index in [1.54, 1.807) is 0 Å². The summed E-state index contributed by atoms with van der Waals surface area (Å²) in [5.74, 6) is -0.251. The van der Waals surface area contributed by atoms with Crippen LogP contribution in [-0.4, -0.2) is 48.1 Å². The van der Waals surface area contributed by atoms with Crippen molar-refractivity contribution in [2.24, 2.45) is 11.8 Å². The molecule has 0 bridgehead atoms. The maximum atomic E-state index is 13.5. The molecule has 2 fully saturated rings. The van der Waals surface area contributed by atoms with Gasteiger partial charge in [0, 0.05) is 32.2 Å². The lowest BCUT2D eigenvalue weighted by atomic mass is 9.91. The van der Waals surface area contributed by atoms with Gasteiger partial charge in [0.25, 0.3) is 0 Å². The number of hydrogen-bond acceptors (Lipinski definition) is 4. The zero-order chi connectivity index (χ0) is 19.7. The minimum Gasteiger partial charge on any atom is -0.505 e. The largest absolute Gasteiger partial charge is 0.505 e. The maximum Gasteiger partial charge on any atom is 0.176 e. The molecule has 0 radical (unpaired) electrons. The van der Waals surface area contributed by atoms with E-state index in [0.29, 0.717) is 17.4 Å². The van der Waals surface area contributed by atoms with Crippen molar-refractivity contribution in [3.05, 3.63) is 65.5 Å². The fourth-order valence-electron chi connectivity index (χ4n) is 4.99. The highest BCUT2D eigenvalue weighted by Gasteiger charge is 2.49. The number of nitrogens with zero attached hydrogens (tertiary/aromatic N) is 1. The van der Waals surface area contributed by atoms with E-state index >= 15 is 0 Å². The second kappa shape index (κ2) is 7.64. The van der Waals surface area contributed by atoms with Gasteiger partial charge >= 0.3 is 0 Å². The van der Waals surface area contributed by atoms with Crippen molar-refractivity contribution in [2.45, 2.75) is 24.9 Å². The normalized spacial score (nSPS) is 27.1. The van der Waals surface area contributed by atoms with Crippen molar-refractivity contribution >= 4 is 5.78 Å². The number of likely N-dealkylation sites (tertiary alicyclic amines) is 1. The predicted molar refractivity (Wildman–Crippen MR) is 105 cm³/mol. The number of carbonyl (C=O) groups is 1. The maximum absolute atomic E-state index is 13.5. The third-order valence-corrected chi connectivity index (χ3v) is 6.36. The second-order valence-electron chi connectivity index (χ2n) is 8.26. The number of Topliss-reactive ketones (excluding diaryl/α,β-unsaturated/α-hetero) is 1. The molecule has 5 heteroatoms. The number of hydrogen-bond donors (Lipinski definition) is 1. The summed E-state index contributed by atoms with van der Waals surface area (Å²) in [5.41, 5.74) is 1.49. The summed E-state index contributed by atoms with van der Waals surface area (Å²) in [6.45, 7) is 2.03. The lowest BCUT2D eigenvalue weighted by Crippen LogP contribution is -2.35. The van der Waals surface area contributed by atoms with Gasteiger partial charge in [0.15, 0.2) is 17.3 Å². The first-order valence-corrected chi connectivity index (χ1v) is 9.81. The number of ether oxygens (including phenoxy) is 1. The second-order valence-corrected chi connectivity index (χ2v) is 8.26. The topological polar surface area (TPSA) is 49.8 Å². The molecule has 2 aromatic carbocycles. The number of aromatic hydroxyl groups is 1. The number of ketones is 1. The highest BCUT2D eigenvalue weighted by Crippen LogP contribution is 2.47. The van der Waals surface area contributed by atoms with Gasteiger partial charge in [-0.2, -0.15) is 0 Å². The Kier molecular flexibility index (Phi) is 5.21. The van der Waals surface area contributed by atoms with E-state index in [2.05, 4.69) is 29.2 Å². The van der Waals surface area contributed by atoms with E-state index in [-0.39, 0.29) is 17.9 Å². The first-order valence-electron chi connectivity index (χ1n) is 9.81.